The first-order valence-electron chi connectivity index (χ1n) is 9.54. The van der Waals surface area contributed by atoms with Crippen molar-refractivity contribution >= 4 is 47.7 Å². The van der Waals surface area contributed by atoms with Gasteiger partial charge in [-0.05, 0) is 73.5 Å². The van der Waals surface area contributed by atoms with Crippen molar-refractivity contribution in [2.75, 3.05) is 18.4 Å². The molecule has 156 valence electrons. The van der Waals surface area contributed by atoms with Crippen molar-refractivity contribution in [3.8, 4) is 0 Å². The third-order valence-corrected chi connectivity index (χ3v) is 5.35. The molecule has 0 fully saturated rings. The van der Waals surface area contributed by atoms with Gasteiger partial charge in [-0.1, -0.05) is 48.5 Å². The molecule has 0 aliphatic heterocycles. The van der Waals surface area contributed by atoms with E-state index in [1.165, 1.54) is 24.0 Å². The van der Waals surface area contributed by atoms with E-state index in [2.05, 4.69) is 59.2 Å². The highest BCUT2D eigenvalue weighted by atomic mass is 35.5. The van der Waals surface area contributed by atoms with E-state index in [4.69, 9.17) is 5.41 Å². The largest absolute Gasteiger partial charge is 0.340 e. The minimum atomic E-state index is 0. The van der Waals surface area contributed by atoms with Crippen LogP contribution in [0.2, 0.25) is 0 Å². The third-order valence-electron chi connectivity index (χ3n) is 4.47. The Bertz CT molecular complexity index is 823. The molecule has 0 saturated carbocycles. The monoisotopic (exact) mass is 449 g/mol. The van der Waals surface area contributed by atoms with Crippen LogP contribution in [0.4, 0.5) is 5.69 Å². The fourth-order valence-electron chi connectivity index (χ4n) is 3.01. The van der Waals surface area contributed by atoms with E-state index < -0.39 is 0 Å². The summed E-state index contributed by atoms with van der Waals surface area (Å²) in [6.45, 7) is 2.05. The minimum absolute atomic E-state index is 0. The minimum Gasteiger partial charge on any atom is -0.340 e. The third kappa shape index (κ3) is 9.01. The van der Waals surface area contributed by atoms with Gasteiger partial charge in [0.15, 0.2) is 0 Å². The zero-order chi connectivity index (χ0) is 18.7. The zero-order valence-corrected chi connectivity index (χ0v) is 18.8. The Balaban J connectivity index is 0.00000210. The van der Waals surface area contributed by atoms with Crippen molar-refractivity contribution in [3.63, 3.8) is 0 Å². The van der Waals surface area contributed by atoms with Gasteiger partial charge in [-0.15, -0.1) is 36.2 Å². The summed E-state index contributed by atoms with van der Waals surface area (Å²) in [7, 11) is 0. The van der Waals surface area contributed by atoms with Crippen LogP contribution in [0.15, 0.2) is 72.1 Å². The van der Waals surface area contributed by atoms with E-state index in [9.17, 15) is 0 Å². The number of anilines is 1. The maximum absolute atomic E-state index is 8.14. The van der Waals surface area contributed by atoms with E-state index in [1.807, 2.05) is 23.6 Å². The fourth-order valence-corrected chi connectivity index (χ4v) is 3.64. The van der Waals surface area contributed by atoms with Crippen LogP contribution in [0.1, 0.15) is 28.8 Å². The van der Waals surface area contributed by atoms with Gasteiger partial charge in [0.1, 0.15) is 5.84 Å². The van der Waals surface area contributed by atoms with Crippen LogP contribution < -0.4 is 10.6 Å². The van der Waals surface area contributed by atoms with E-state index in [-0.39, 0.29) is 24.8 Å². The number of aryl methyl sites for hydroxylation is 1. The first-order chi connectivity index (χ1) is 13.3. The van der Waals surface area contributed by atoms with Crippen LogP contribution in [-0.4, -0.2) is 18.9 Å². The molecule has 0 amide bonds. The zero-order valence-electron chi connectivity index (χ0n) is 16.4. The van der Waals surface area contributed by atoms with Crippen molar-refractivity contribution in [1.82, 2.24) is 5.32 Å². The SMILES string of the molecule is Cl.Cl.N=C(Nc1cccc(CCNCCCCc2ccccc2)c1)c1cccs1. The van der Waals surface area contributed by atoms with Crippen molar-refractivity contribution in [2.45, 2.75) is 25.7 Å². The molecule has 0 radical (unpaired) electrons. The van der Waals surface area contributed by atoms with Crippen molar-refractivity contribution in [1.29, 1.82) is 5.41 Å². The standard InChI is InChI=1S/C23H27N3S.2ClH/c24-23(22-13-7-17-27-22)26-21-12-6-11-20(18-21)14-16-25-15-5-4-10-19-8-2-1-3-9-19;;/h1-3,6-9,11-13,17-18,25H,4-5,10,14-16H2,(H2,24,26);2*1H. The molecule has 2 aromatic carbocycles. The highest BCUT2D eigenvalue weighted by Gasteiger charge is 2.03. The Labute approximate surface area is 190 Å². The normalized spacial score (nSPS) is 9.93. The maximum Gasteiger partial charge on any atom is 0.140 e. The molecule has 0 saturated heterocycles. The second-order valence-electron chi connectivity index (χ2n) is 6.62. The lowest BCUT2D eigenvalue weighted by Gasteiger charge is -2.09. The summed E-state index contributed by atoms with van der Waals surface area (Å²) >= 11 is 1.58. The molecule has 1 aromatic heterocycles. The number of nitrogens with one attached hydrogen (secondary N) is 3. The number of rotatable bonds is 10. The van der Waals surface area contributed by atoms with Gasteiger partial charge in [0.05, 0.1) is 4.88 Å². The summed E-state index contributed by atoms with van der Waals surface area (Å²) in [5, 5.41) is 16.9. The predicted octanol–water partition coefficient (Wildman–Crippen LogP) is 6.18. The summed E-state index contributed by atoms with van der Waals surface area (Å²) < 4.78 is 0. The van der Waals surface area contributed by atoms with E-state index in [0.29, 0.717) is 5.84 Å². The molecule has 0 aliphatic rings. The van der Waals surface area contributed by atoms with Crippen molar-refractivity contribution in [2.24, 2.45) is 0 Å². The smallest absolute Gasteiger partial charge is 0.140 e. The van der Waals surface area contributed by atoms with E-state index in [0.717, 1.165) is 36.5 Å². The number of hydrogen-bond donors (Lipinski definition) is 3. The quantitative estimate of drug-likeness (QED) is 0.196. The highest BCUT2D eigenvalue weighted by molar-refractivity contribution is 7.12. The van der Waals surface area contributed by atoms with Crippen LogP contribution in [0.25, 0.3) is 0 Å². The second kappa shape index (κ2) is 14.2. The van der Waals surface area contributed by atoms with Crippen molar-refractivity contribution < 1.29 is 0 Å². The van der Waals surface area contributed by atoms with Gasteiger partial charge < -0.3 is 10.6 Å². The van der Waals surface area contributed by atoms with Gasteiger partial charge in [0, 0.05) is 5.69 Å². The van der Waals surface area contributed by atoms with Gasteiger partial charge in [0.2, 0.25) is 0 Å². The summed E-state index contributed by atoms with van der Waals surface area (Å²) in [5.74, 6) is 0.457. The lowest BCUT2D eigenvalue weighted by atomic mass is 10.1. The molecule has 0 unspecified atom stereocenters. The molecule has 1 heterocycles. The molecular weight excluding hydrogens is 421 g/mol. The van der Waals surface area contributed by atoms with Gasteiger partial charge in [-0.2, -0.15) is 0 Å². The molecular formula is C23H29Cl2N3S. The number of thiophene rings is 1. The Kier molecular flexibility index (Phi) is 12.3. The molecule has 3 nitrogen and oxygen atoms in total. The van der Waals surface area contributed by atoms with Crippen LogP contribution in [0.3, 0.4) is 0 Å². The van der Waals surface area contributed by atoms with Gasteiger partial charge >= 0.3 is 0 Å². The lowest BCUT2D eigenvalue weighted by Crippen LogP contribution is -2.18. The van der Waals surface area contributed by atoms with Gasteiger partial charge in [-0.3, -0.25) is 5.41 Å². The van der Waals surface area contributed by atoms with Crippen molar-refractivity contribution in [3.05, 3.63) is 88.1 Å². The molecule has 3 rings (SSSR count). The van der Waals surface area contributed by atoms with E-state index in [1.54, 1.807) is 11.3 Å². The van der Waals surface area contributed by atoms with Crippen LogP contribution in [0.5, 0.6) is 0 Å². The van der Waals surface area contributed by atoms with E-state index >= 15 is 0 Å². The summed E-state index contributed by atoms with van der Waals surface area (Å²) in [4.78, 5) is 0.956. The number of hydrogen-bond acceptors (Lipinski definition) is 3. The average molecular weight is 450 g/mol. The van der Waals surface area contributed by atoms with Gasteiger partial charge in [-0.25, -0.2) is 0 Å². The summed E-state index contributed by atoms with van der Waals surface area (Å²) in [6, 6.07) is 23.0. The Morgan fingerprint density at radius 2 is 1.59 bits per heavy atom. The van der Waals surface area contributed by atoms with Gasteiger partial charge in [0.25, 0.3) is 0 Å². The topological polar surface area (TPSA) is 47.9 Å². The van der Waals surface area contributed by atoms with Crippen LogP contribution >= 0.6 is 36.2 Å². The first-order valence-corrected chi connectivity index (χ1v) is 10.4. The highest BCUT2D eigenvalue weighted by Crippen LogP contribution is 2.15. The molecule has 6 heteroatoms. The molecule has 3 N–H and O–H groups in total. The summed E-state index contributed by atoms with van der Waals surface area (Å²) in [5.41, 5.74) is 3.69. The number of benzene rings is 2. The molecule has 0 bridgehead atoms. The molecule has 0 aliphatic carbocycles. The number of amidine groups is 1. The molecule has 29 heavy (non-hydrogen) atoms. The van der Waals surface area contributed by atoms with Crippen LogP contribution in [0, 0.1) is 5.41 Å². The second-order valence-corrected chi connectivity index (χ2v) is 7.57. The first kappa shape index (κ1) is 25.2. The molecule has 0 spiro atoms. The van der Waals surface area contributed by atoms with Crippen LogP contribution in [-0.2, 0) is 12.8 Å². The number of halogens is 2. The Morgan fingerprint density at radius 3 is 2.34 bits per heavy atom. The Hall–Kier alpha value is -1.85. The Morgan fingerprint density at radius 1 is 0.793 bits per heavy atom. The fraction of sp³-hybridized carbons (Fsp3) is 0.261. The average Bonchev–Trinajstić information content (AvgIpc) is 3.23. The number of unbranched alkanes of at least 4 members (excludes halogenated alkanes) is 1. The predicted molar refractivity (Wildman–Crippen MR) is 132 cm³/mol. The molecule has 3 aromatic rings. The summed E-state index contributed by atoms with van der Waals surface area (Å²) in [6.07, 6.45) is 4.59. The molecule has 0 atom stereocenters. The maximum atomic E-state index is 8.14. The lowest BCUT2D eigenvalue weighted by molar-refractivity contribution is 0.622.